The highest BCUT2D eigenvalue weighted by Crippen LogP contribution is 2.36. The van der Waals surface area contributed by atoms with Crippen molar-refractivity contribution in [2.45, 2.75) is 76.3 Å². The Morgan fingerprint density at radius 2 is 0.882 bits per heavy atom. The predicted octanol–water partition coefficient (Wildman–Crippen LogP) is 3.17. The van der Waals surface area contributed by atoms with Crippen molar-refractivity contribution in [1.29, 1.82) is 0 Å². The molecule has 4 amide bonds. The summed E-state index contributed by atoms with van der Waals surface area (Å²) in [6, 6.07) is 2.43. The first-order chi connectivity index (χ1) is 32.3. The number of methoxy groups -OCH3 is 3. The van der Waals surface area contributed by atoms with Crippen LogP contribution in [0, 0.1) is 0 Å². The summed E-state index contributed by atoms with van der Waals surface area (Å²) in [4.78, 5) is 88.9. The Labute approximate surface area is 388 Å². The van der Waals surface area contributed by atoms with Crippen molar-refractivity contribution < 1.29 is 69.1 Å². The van der Waals surface area contributed by atoms with Gasteiger partial charge in [-0.3, -0.25) is 19.3 Å². The van der Waals surface area contributed by atoms with Crippen molar-refractivity contribution in [1.82, 2.24) is 29.7 Å². The third-order valence-corrected chi connectivity index (χ3v) is 11.3. The Morgan fingerprint density at radius 1 is 0.544 bits per heavy atom. The van der Waals surface area contributed by atoms with Gasteiger partial charge in [0.05, 0.1) is 60.7 Å². The first kappa shape index (κ1) is 53.0. The summed E-state index contributed by atoms with van der Waals surface area (Å²) in [6.45, 7) is 0.558. The van der Waals surface area contributed by atoms with Crippen LogP contribution in [-0.2, 0) is 53.1 Å². The maximum Gasteiger partial charge on any atom is 0.411 e. The number of ether oxygens (including phenoxy) is 3. The fraction of sp³-hybridized carbons (Fsp3) is 0.432. The number of carboxylic acid groups (broad SMARTS) is 4. The number of benzene rings is 1. The van der Waals surface area contributed by atoms with E-state index in [0.29, 0.717) is 11.1 Å². The van der Waals surface area contributed by atoms with E-state index in [9.17, 15) is 69.3 Å². The fourth-order valence-corrected chi connectivity index (χ4v) is 8.11. The van der Waals surface area contributed by atoms with E-state index in [-0.39, 0.29) is 106 Å². The van der Waals surface area contributed by atoms with Gasteiger partial charge in [-0.05, 0) is 61.3 Å². The van der Waals surface area contributed by atoms with Crippen LogP contribution < -0.4 is 37.1 Å². The molecule has 0 spiro atoms. The lowest BCUT2D eigenvalue weighted by Gasteiger charge is -2.28. The number of rotatable bonds is 25. The molecule has 10 N–H and O–H groups in total. The molecule has 0 radical (unpaired) electrons. The van der Waals surface area contributed by atoms with Gasteiger partial charge in [-0.15, -0.1) is 0 Å². The van der Waals surface area contributed by atoms with Crippen LogP contribution in [0.3, 0.4) is 0 Å². The molecule has 0 bridgehead atoms. The molecule has 0 fully saturated rings. The standard InChI is InChI=1S/C44H57N7O17/c1-48(44(64)65)31-12-6-25(5-9-28(45-41(58)59)35-38(55)32(52)13-16-49(35)19-22-66-2)26(7-10-29(46-42(60)61)36-39(56)33(53)14-17-50(36)20-23-67-3)27(31)8-11-30(47-43(62)63)37-40(57)34(54)15-18-51(37)21-24-68-4/h6,12-18,28-30,45-47,55-57H,5,7-11,19-24H2,1-4H3,(H,58,59)(H,60,61)(H,62,63)(H,64,65). The van der Waals surface area contributed by atoms with Crippen LogP contribution in [0.15, 0.2) is 63.3 Å². The van der Waals surface area contributed by atoms with E-state index in [4.69, 9.17) is 14.2 Å². The minimum atomic E-state index is -1.53. The number of carbonyl (C=O) groups is 4. The van der Waals surface area contributed by atoms with Gasteiger partial charge in [0.2, 0.25) is 16.3 Å². The molecular weight excluding hydrogens is 899 g/mol. The molecule has 0 aliphatic heterocycles. The summed E-state index contributed by atoms with van der Waals surface area (Å²) in [6.07, 6.45) is -2.88. The largest absolute Gasteiger partial charge is 0.503 e. The minimum absolute atomic E-state index is 0.0594. The van der Waals surface area contributed by atoms with Gasteiger partial charge in [-0.2, -0.15) is 0 Å². The van der Waals surface area contributed by atoms with E-state index in [2.05, 4.69) is 16.0 Å². The molecule has 0 saturated carbocycles. The smallest absolute Gasteiger partial charge is 0.411 e. The first-order valence-electron chi connectivity index (χ1n) is 21.2. The molecule has 24 heteroatoms. The van der Waals surface area contributed by atoms with Gasteiger partial charge in [0.25, 0.3) is 0 Å². The van der Waals surface area contributed by atoms with Crippen molar-refractivity contribution in [3.05, 3.63) is 113 Å². The molecule has 68 heavy (non-hydrogen) atoms. The van der Waals surface area contributed by atoms with Crippen molar-refractivity contribution in [3.8, 4) is 17.2 Å². The van der Waals surface area contributed by atoms with Crippen LogP contribution >= 0.6 is 0 Å². The second-order valence-corrected chi connectivity index (χ2v) is 15.5. The second-order valence-electron chi connectivity index (χ2n) is 15.5. The van der Waals surface area contributed by atoms with Crippen LogP contribution in [0.5, 0.6) is 17.2 Å². The SMILES string of the molecule is COCCn1ccc(=O)c(O)c1C(CCc1ccc(N(C)C(=O)O)c(CCC(NC(=O)O)c2c(O)c(=O)ccn2CCOC)c1CCC(NC(=O)O)c1c(O)c(=O)ccn1CCOC)NC(=O)O. The zero-order chi connectivity index (χ0) is 50.2. The van der Waals surface area contributed by atoms with E-state index in [1.165, 1.54) is 66.7 Å². The summed E-state index contributed by atoms with van der Waals surface area (Å²) < 4.78 is 19.9. The van der Waals surface area contributed by atoms with E-state index in [0.717, 1.165) is 23.1 Å². The lowest BCUT2D eigenvalue weighted by molar-refractivity contribution is 0.180. The first-order valence-corrected chi connectivity index (χ1v) is 21.2. The van der Waals surface area contributed by atoms with E-state index < -0.39 is 76.0 Å². The number of aromatic nitrogens is 3. The number of aryl methyl sites for hydroxylation is 1. The Hall–Kier alpha value is -7.57. The third-order valence-electron chi connectivity index (χ3n) is 11.3. The number of hydrogen-bond donors (Lipinski definition) is 10. The molecule has 0 aliphatic rings. The third kappa shape index (κ3) is 13.5. The number of anilines is 1. The maximum absolute atomic E-state index is 12.8. The van der Waals surface area contributed by atoms with E-state index >= 15 is 0 Å². The highest BCUT2D eigenvalue weighted by Gasteiger charge is 2.30. The van der Waals surface area contributed by atoms with Gasteiger partial charge in [0.15, 0.2) is 17.2 Å². The van der Waals surface area contributed by atoms with Gasteiger partial charge in [-0.25, -0.2) is 19.2 Å². The van der Waals surface area contributed by atoms with E-state index in [1.54, 1.807) is 6.07 Å². The van der Waals surface area contributed by atoms with Crippen molar-refractivity contribution >= 4 is 30.1 Å². The molecule has 4 aromatic rings. The molecular formula is C44H57N7O17. The normalized spacial score (nSPS) is 12.5. The van der Waals surface area contributed by atoms with Gasteiger partial charge in [0, 0.05) is 84.8 Å². The number of nitrogens with zero attached hydrogens (tertiary/aromatic N) is 4. The van der Waals surface area contributed by atoms with Crippen molar-refractivity contribution in [2.24, 2.45) is 0 Å². The summed E-state index contributed by atoms with van der Waals surface area (Å²) in [5, 5.41) is 80.7. The molecule has 3 heterocycles. The molecule has 370 valence electrons. The van der Waals surface area contributed by atoms with Crippen LogP contribution in [0.1, 0.15) is 71.2 Å². The van der Waals surface area contributed by atoms with E-state index in [1.807, 2.05) is 0 Å². The van der Waals surface area contributed by atoms with Crippen molar-refractivity contribution in [3.63, 3.8) is 0 Å². The lowest BCUT2D eigenvalue weighted by atomic mass is 9.86. The number of hydrogen-bond acceptors (Lipinski definition) is 13. The number of pyridine rings is 3. The monoisotopic (exact) mass is 955 g/mol. The van der Waals surface area contributed by atoms with Crippen LogP contribution in [0.4, 0.5) is 24.9 Å². The summed E-state index contributed by atoms with van der Waals surface area (Å²) in [5.74, 6) is -2.23. The summed E-state index contributed by atoms with van der Waals surface area (Å²) in [7, 11) is 5.51. The quantitative estimate of drug-likeness (QED) is 0.0456. The summed E-state index contributed by atoms with van der Waals surface area (Å²) in [5.41, 5.74) is -1.62. The minimum Gasteiger partial charge on any atom is -0.503 e. The number of aromatic hydroxyl groups is 3. The van der Waals surface area contributed by atoms with Gasteiger partial charge < -0.3 is 79.6 Å². The molecule has 4 rings (SSSR count). The zero-order valence-electron chi connectivity index (χ0n) is 37.8. The Balaban J connectivity index is 2.00. The zero-order valence-corrected chi connectivity index (χ0v) is 37.8. The maximum atomic E-state index is 12.8. The van der Waals surface area contributed by atoms with Gasteiger partial charge in [0.1, 0.15) is 0 Å². The fourth-order valence-electron chi connectivity index (χ4n) is 8.11. The number of amides is 4. The summed E-state index contributed by atoms with van der Waals surface area (Å²) >= 11 is 0. The van der Waals surface area contributed by atoms with Crippen molar-refractivity contribution in [2.75, 3.05) is 53.1 Å². The second kappa shape index (κ2) is 24.8. The molecule has 3 aromatic heterocycles. The molecule has 3 unspecified atom stereocenters. The topological polar surface area (TPSA) is 343 Å². The number of nitrogens with one attached hydrogen (secondary N) is 3. The van der Waals surface area contributed by atoms with Crippen LogP contribution in [0.2, 0.25) is 0 Å². The molecule has 3 atom stereocenters. The average Bonchev–Trinajstić information content (AvgIpc) is 3.28. The van der Waals surface area contributed by atoms with Gasteiger partial charge >= 0.3 is 24.4 Å². The van der Waals surface area contributed by atoms with Gasteiger partial charge in [-0.1, -0.05) is 6.07 Å². The Morgan fingerprint density at radius 3 is 1.21 bits per heavy atom. The molecule has 24 nitrogen and oxygen atoms in total. The Kier molecular flexibility index (Phi) is 19.4. The van der Waals surface area contributed by atoms with Crippen LogP contribution in [-0.4, -0.2) is 122 Å². The molecule has 1 aromatic carbocycles. The average molecular weight is 956 g/mol. The Bertz CT molecular complexity index is 2610. The highest BCUT2D eigenvalue weighted by atomic mass is 16.5. The predicted molar refractivity (Wildman–Crippen MR) is 242 cm³/mol. The molecule has 0 aliphatic carbocycles. The lowest BCUT2D eigenvalue weighted by Crippen LogP contribution is -2.32. The molecule has 0 saturated heterocycles. The highest BCUT2D eigenvalue weighted by molar-refractivity contribution is 5.87. The van der Waals surface area contributed by atoms with Crippen LogP contribution in [0.25, 0.3) is 0 Å².